The van der Waals surface area contributed by atoms with Crippen LogP contribution in [0.15, 0.2) is 18.2 Å². The van der Waals surface area contributed by atoms with E-state index in [1.807, 2.05) is 19.1 Å². The zero-order chi connectivity index (χ0) is 13.9. The number of halogens is 1. The van der Waals surface area contributed by atoms with E-state index in [1.165, 1.54) is 0 Å². The summed E-state index contributed by atoms with van der Waals surface area (Å²) in [5.41, 5.74) is 0.641. The van der Waals surface area contributed by atoms with E-state index in [4.69, 9.17) is 5.11 Å². The molecular weight excluding hydrogens is 345 g/mol. The molecule has 0 saturated heterocycles. The van der Waals surface area contributed by atoms with E-state index in [1.54, 1.807) is 19.9 Å². The van der Waals surface area contributed by atoms with Crippen molar-refractivity contribution in [3.05, 3.63) is 32.9 Å². The van der Waals surface area contributed by atoms with Gasteiger partial charge in [0, 0.05) is 10.1 Å². The molecule has 0 radical (unpaired) electrons. The van der Waals surface area contributed by atoms with Gasteiger partial charge in [0.05, 0.1) is 11.0 Å². The minimum Gasteiger partial charge on any atom is -0.481 e. The number of carbonyl (C=O) groups excluding carboxylic acids is 1. The molecular formula is C13H16INO3. The highest BCUT2D eigenvalue weighted by atomic mass is 127. The van der Waals surface area contributed by atoms with E-state index >= 15 is 0 Å². The lowest BCUT2D eigenvalue weighted by Crippen LogP contribution is -2.39. The standard InChI is InChI=1S/C13H16INO3/c1-8-5-4-6-9(10(8)14)11(16)15-7-13(2,3)12(17)18/h4-6H,7H2,1-3H3,(H,15,16)(H,17,18). The van der Waals surface area contributed by atoms with Crippen LogP contribution in [-0.4, -0.2) is 23.5 Å². The third-order valence-corrected chi connectivity index (χ3v) is 4.14. The van der Waals surface area contributed by atoms with Crippen LogP contribution in [-0.2, 0) is 4.79 Å². The number of benzene rings is 1. The number of aliphatic carboxylic acids is 1. The van der Waals surface area contributed by atoms with Gasteiger partial charge in [-0.1, -0.05) is 12.1 Å². The second-order valence-electron chi connectivity index (χ2n) is 4.81. The average Bonchev–Trinajstić information content (AvgIpc) is 2.29. The summed E-state index contributed by atoms with van der Waals surface area (Å²) in [4.78, 5) is 22.9. The maximum atomic E-state index is 12.0. The lowest BCUT2D eigenvalue weighted by molar-refractivity contribution is -0.146. The third kappa shape index (κ3) is 3.44. The van der Waals surface area contributed by atoms with Gasteiger partial charge in [0.25, 0.3) is 5.91 Å². The number of amides is 1. The van der Waals surface area contributed by atoms with Crippen molar-refractivity contribution in [2.24, 2.45) is 5.41 Å². The maximum absolute atomic E-state index is 12.0. The van der Waals surface area contributed by atoms with Gasteiger partial charge in [0.15, 0.2) is 0 Å². The number of carboxylic acids is 1. The Morgan fingerprint density at radius 2 is 2.00 bits per heavy atom. The van der Waals surface area contributed by atoms with Gasteiger partial charge in [0.1, 0.15) is 0 Å². The van der Waals surface area contributed by atoms with Gasteiger partial charge in [-0.25, -0.2) is 0 Å². The Morgan fingerprint density at radius 1 is 1.39 bits per heavy atom. The molecule has 0 heterocycles. The summed E-state index contributed by atoms with van der Waals surface area (Å²) in [6.07, 6.45) is 0. The number of aryl methyl sites for hydroxylation is 1. The zero-order valence-electron chi connectivity index (χ0n) is 10.6. The lowest BCUT2D eigenvalue weighted by Gasteiger charge is -2.19. The number of rotatable bonds is 4. The molecule has 98 valence electrons. The van der Waals surface area contributed by atoms with Gasteiger partial charge in [-0.05, 0) is 55.0 Å². The van der Waals surface area contributed by atoms with Gasteiger partial charge < -0.3 is 10.4 Å². The summed E-state index contributed by atoms with van der Waals surface area (Å²) in [6, 6.07) is 5.48. The van der Waals surface area contributed by atoms with E-state index in [-0.39, 0.29) is 12.5 Å². The van der Waals surface area contributed by atoms with Gasteiger partial charge in [-0.3, -0.25) is 9.59 Å². The van der Waals surface area contributed by atoms with Gasteiger partial charge >= 0.3 is 5.97 Å². The van der Waals surface area contributed by atoms with Crippen molar-refractivity contribution in [1.82, 2.24) is 5.32 Å². The molecule has 0 spiro atoms. The summed E-state index contributed by atoms with van der Waals surface area (Å²) in [5, 5.41) is 11.6. The van der Waals surface area contributed by atoms with Crippen LogP contribution in [0.25, 0.3) is 0 Å². The SMILES string of the molecule is Cc1cccc(C(=O)NCC(C)(C)C(=O)O)c1I. The number of hydrogen-bond donors (Lipinski definition) is 2. The number of carbonyl (C=O) groups is 2. The molecule has 5 heteroatoms. The molecule has 18 heavy (non-hydrogen) atoms. The Bertz CT molecular complexity index is 483. The number of nitrogens with one attached hydrogen (secondary N) is 1. The molecule has 0 aliphatic rings. The first-order chi connectivity index (χ1) is 8.25. The number of hydrogen-bond acceptors (Lipinski definition) is 2. The molecule has 0 atom stereocenters. The van der Waals surface area contributed by atoms with Crippen LogP contribution in [0.4, 0.5) is 0 Å². The summed E-state index contributed by atoms with van der Waals surface area (Å²) in [5.74, 6) is -1.17. The van der Waals surface area contributed by atoms with E-state index in [2.05, 4.69) is 27.9 Å². The van der Waals surface area contributed by atoms with Crippen LogP contribution < -0.4 is 5.32 Å². The second kappa shape index (κ2) is 5.69. The highest BCUT2D eigenvalue weighted by molar-refractivity contribution is 14.1. The Morgan fingerprint density at radius 3 is 2.56 bits per heavy atom. The van der Waals surface area contributed by atoms with Crippen LogP contribution in [0, 0.1) is 15.9 Å². The van der Waals surface area contributed by atoms with Crippen molar-refractivity contribution in [1.29, 1.82) is 0 Å². The van der Waals surface area contributed by atoms with Crippen molar-refractivity contribution >= 4 is 34.5 Å². The highest BCUT2D eigenvalue weighted by Gasteiger charge is 2.27. The van der Waals surface area contributed by atoms with E-state index < -0.39 is 11.4 Å². The fraction of sp³-hybridized carbons (Fsp3) is 0.385. The lowest BCUT2D eigenvalue weighted by atomic mass is 9.94. The molecule has 0 aliphatic heterocycles. The molecule has 1 aromatic rings. The molecule has 1 aromatic carbocycles. The van der Waals surface area contributed by atoms with Crippen LogP contribution in [0.3, 0.4) is 0 Å². The Hall–Kier alpha value is -1.11. The first-order valence-corrected chi connectivity index (χ1v) is 6.60. The quantitative estimate of drug-likeness (QED) is 0.810. The molecule has 0 unspecified atom stereocenters. The van der Waals surface area contributed by atoms with Gasteiger partial charge in [-0.15, -0.1) is 0 Å². The minimum absolute atomic E-state index is 0.102. The Balaban J connectivity index is 2.78. The molecule has 0 aromatic heterocycles. The summed E-state index contributed by atoms with van der Waals surface area (Å²) in [6.45, 7) is 5.19. The zero-order valence-corrected chi connectivity index (χ0v) is 12.7. The molecule has 0 saturated carbocycles. The van der Waals surface area contributed by atoms with Crippen molar-refractivity contribution in [3.63, 3.8) is 0 Å². The monoisotopic (exact) mass is 361 g/mol. The normalized spacial score (nSPS) is 11.1. The first kappa shape index (κ1) is 14.9. The topological polar surface area (TPSA) is 66.4 Å². The average molecular weight is 361 g/mol. The number of carboxylic acid groups (broad SMARTS) is 1. The predicted molar refractivity (Wildman–Crippen MR) is 77.6 cm³/mol. The molecule has 0 fully saturated rings. The smallest absolute Gasteiger partial charge is 0.310 e. The molecule has 4 nitrogen and oxygen atoms in total. The maximum Gasteiger partial charge on any atom is 0.310 e. The predicted octanol–water partition coefficient (Wildman–Crippen LogP) is 2.44. The molecule has 1 rings (SSSR count). The van der Waals surface area contributed by atoms with Crippen molar-refractivity contribution in [2.45, 2.75) is 20.8 Å². The van der Waals surface area contributed by atoms with Crippen LogP contribution >= 0.6 is 22.6 Å². The third-order valence-electron chi connectivity index (χ3n) is 2.71. The highest BCUT2D eigenvalue weighted by Crippen LogP contribution is 2.18. The van der Waals surface area contributed by atoms with Crippen LogP contribution in [0.2, 0.25) is 0 Å². The second-order valence-corrected chi connectivity index (χ2v) is 5.89. The Labute approximate surface area is 120 Å². The van der Waals surface area contributed by atoms with E-state index in [9.17, 15) is 9.59 Å². The van der Waals surface area contributed by atoms with Crippen LogP contribution in [0.1, 0.15) is 29.8 Å². The molecule has 1 amide bonds. The fourth-order valence-corrected chi connectivity index (χ4v) is 1.90. The van der Waals surface area contributed by atoms with Crippen molar-refractivity contribution < 1.29 is 14.7 Å². The molecule has 0 aliphatic carbocycles. The molecule has 0 bridgehead atoms. The van der Waals surface area contributed by atoms with E-state index in [0.29, 0.717) is 5.56 Å². The Kier molecular flexibility index (Phi) is 4.72. The largest absolute Gasteiger partial charge is 0.481 e. The first-order valence-electron chi connectivity index (χ1n) is 5.52. The minimum atomic E-state index is -0.967. The van der Waals surface area contributed by atoms with E-state index in [0.717, 1.165) is 9.13 Å². The molecule has 2 N–H and O–H groups in total. The van der Waals surface area contributed by atoms with Gasteiger partial charge in [-0.2, -0.15) is 0 Å². The van der Waals surface area contributed by atoms with Crippen molar-refractivity contribution in [2.75, 3.05) is 6.54 Å². The summed E-state index contributed by atoms with van der Waals surface area (Å²) >= 11 is 2.12. The van der Waals surface area contributed by atoms with Crippen LogP contribution in [0.5, 0.6) is 0 Å². The fourth-order valence-electron chi connectivity index (χ4n) is 1.29. The summed E-state index contributed by atoms with van der Waals surface area (Å²) in [7, 11) is 0. The van der Waals surface area contributed by atoms with Crippen molar-refractivity contribution in [3.8, 4) is 0 Å². The van der Waals surface area contributed by atoms with Gasteiger partial charge in [0.2, 0.25) is 0 Å². The summed E-state index contributed by atoms with van der Waals surface area (Å²) < 4.78 is 0.890.